The van der Waals surface area contributed by atoms with E-state index in [1.54, 1.807) is 6.92 Å². The summed E-state index contributed by atoms with van der Waals surface area (Å²) in [6.07, 6.45) is 3.55. The lowest BCUT2D eigenvalue weighted by molar-refractivity contribution is -0.136. The second kappa shape index (κ2) is 7.59. The molecule has 4 rings (SSSR count). The predicted molar refractivity (Wildman–Crippen MR) is 114 cm³/mol. The average molecular weight is 401 g/mol. The van der Waals surface area contributed by atoms with E-state index in [0.29, 0.717) is 18.4 Å². The second-order valence-corrected chi connectivity index (χ2v) is 10.2. The van der Waals surface area contributed by atoms with Gasteiger partial charge >= 0.3 is 0 Å². The molecule has 29 heavy (non-hydrogen) atoms. The van der Waals surface area contributed by atoms with Crippen LogP contribution in [0.3, 0.4) is 0 Å². The molecule has 1 aromatic carbocycles. The Labute approximate surface area is 175 Å². The van der Waals surface area contributed by atoms with Crippen LogP contribution in [0.2, 0.25) is 0 Å². The number of carbonyl (C=O) groups is 1. The molecule has 5 heteroatoms. The zero-order chi connectivity index (χ0) is 20.8. The summed E-state index contributed by atoms with van der Waals surface area (Å²) < 4.78 is 12.2. The van der Waals surface area contributed by atoms with E-state index >= 15 is 0 Å². The van der Waals surface area contributed by atoms with Gasteiger partial charge in [-0.05, 0) is 73.7 Å². The van der Waals surface area contributed by atoms with Crippen molar-refractivity contribution in [3.8, 4) is 5.75 Å². The van der Waals surface area contributed by atoms with Crippen LogP contribution in [0.15, 0.2) is 24.3 Å². The lowest BCUT2D eigenvalue weighted by Crippen LogP contribution is -2.58. The van der Waals surface area contributed by atoms with Crippen molar-refractivity contribution < 1.29 is 14.3 Å². The number of rotatable bonds is 6. The van der Waals surface area contributed by atoms with Gasteiger partial charge in [0.1, 0.15) is 12.4 Å². The van der Waals surface area contributed by atoms with E-state index in [2.05, 4.69) is 48.3 Å². The largest absolute Gasteiger partial charge is 0.492 e. The van der Waals surface area contributed by atoms with Gasteiger partial charge in [0, 0.05) is 26.1 Å². The van der Waals surface area contributed by atoms with Gasteiger partial charge in [-0.2, -0.15) is 0 Å². The number of benzene rings is 1. The van der Waals surface area contributed by atoms with E-state index in [4.69, 9.17) is 9.47 Å². The minimum absolute atomic E-state index is 0.0889. The topological polar surface area (TPSA) is 50.8 Å². The van der Waals surface area contributed by atoms with Crippen molar-refractivity contribution in [1.82, 2.24) is 10.2 Å². The highest BCUT2D eigenvalue weighted by atomic mass is 16.5. The maximum Gasteiger partial charge on any atom is 0.217 e. The highest BCUT2D eigenvalue weighted by Crippen LogP contribution is 2.70. The van der Waals surface area contributed by atoms with Crippen LogP contribution in [0.25, 0.3) is 0 Å². The summed E-state index contributed by atoms with van der Waals surface area (Å²) >= 11 is 0. The third kappa shape index (κ3) is 3.57. The van der Waals surface area contributed by atoms with E-state index < -0.39 is 0 Å². The Morgan fingerprint density at radius 2 is 2.00 bits per heavy atom. The first kappa shape index (κ1) is 20.7. The number of carbonyl (C=O) groups excluding carboxylic acids is 1. The molecule has 1 amide bonds. The monoisotopic (exact) mass is 400 g/mol. The first-order valence-corrected chi connectivity index (χ1v) is 11.0. The molecule has 0 aromatic heterocycles. The predicted octanol–water partition coefficient (Wildman–Crippen LogP) is 3.65. The highest BCUT2D eigenvalue weighted by molar-refractivity contribution is 5.73. The summed E-state index contributed by atoms with van der Waals surface area (Å²) in [7, 11) is 4.10. The minimum atomic E-state index is 0.0889. The number of fused-ring (bicyclic) bond motifs is 1. The molecule has 5 atom stereocenters. The van der Waals surface area contributed by atoms with Crippen LogP contribution in [-0.4, -0.2) is 50.7 Å². The zero-order valence-electron chi connectivity index (χ0n) is 18.5. The fourth-order valence-electron chi connectivity index (χ4n) is 6.42. The molecule has 1 aromatic rings. The molecule has 2 aliphatic carbocycles. The van der Waals surface area contributed by atoms with Crippen molar-refractivity contribution in [3.05, 3.63) is 29.8 Å². The third-order valence-electron chi connectivity index (χ3n) is 7.87. The van der Waals surface area contributed by atoms with Crippen molar-refractivity contribution in [1.29, 1.82) is 0 Å². The standard InChI is InChI=1S/C24H36N2O3/c1-16(27)25-22-23(2,3)18-14-20-21(29-12-10-24(20,22)15-18)17-6-8-19(9-7-17)28-13-11-26(4)5/h6-9,18,20-22H,10-15H2,1-5H3,(H,25,27)/t18-,20-,21-,22+,24-/m1/s1. The summed E-state index contributed by atoms with van der Waals surface area (Å²) in [5.74, 6) is 2.10. The highest BCUT2D eigenvalue weighted by Gasteiger charge is 2.68. The molecule has 1 heterocycles. The van der Waals surface area contributed by atoms with Crippen LogP contribution in [0, 0.1) is 22.7 Å². The van der Waals surface area contributed by atoms with Gasteiger partial charge in [0.25, 0.3) is 0 Å². The quantitative estimate of drug-likeness (QED) is 0.792. The molecular formula is C24H36N2O3. The van der Waals surface area contributed by atoms with Crippen molar-refractivity contribution in [2.24, 2.45) is 22.7 Å². The van der Waals surface area contributed by atoms with Crippen molar-refractivity contribution in [2.75, 3.05) is 33.9 Å². The molecule has 1 N–H and O–H groups in total. The molecule has 3 aliphatic rings. The van der Waals surface area contributed by atoms with E-state index in [-0.39, 0.29) is 28.9 Å². The van der Waals surface area contributed by atoms with Gasteiger partial charge in [-0.15, -0.1) is 0 Å². The average Bonchev–Trinajstić information content (AvgIpc) is 3.14. The van der Waals surface area contributed by atoms with E-state index in [1.165, 1.54) is 18.4 Å². The molecule has 2 saturated carbocycles. The number of ether oxygens (including phenoxy) is 2. The Kier molecular flexibility index (Phi) is 5.41. The van der Waals surface area contributed by atoms with Gasteiger partial charge < -0.3 is 19.7 Å². The maximum absolute atomic E-state index is 12.0. The fraction of sp³-hybridized carbons (Fsp3) is 0.708. The van der Waals surface area contributed by atoms with Gasteiger partial charge in [-0.25, -0.2) is 0 Å². The number of amides is 1. The lowest BCUT2D eigenvalue weighted by atomic mass is 9.59. The number of nitrogens with one attached hydrogen (secondary N) is 1. The molecule has 5 nitrogen and oxygen atoms in total. The first-order chi connectivity index (χ1) is 13.7. The third-order valence-corrected chi connectivity index (χ3v) is 7.87. The first-order valence-electron chi connectivity index (χ1n) is 11.0. The van der Waals surface area contributed by atoms with Gasteiger partial charge in [-0.1, -0.05) is 26.0 Å². The molecule has 1 saturated heterocycles. The van der Waals surface area contributed by atoms with E-state index in [9.17, 15) is 4.79 Å². The molecule has 2 bridgehead atoms. The van der Waals surface area contributed by atoms with Crippen molar-refractivity contribution in [2.45, 2.75) is 52.2 Å². The molecule has 1 spiro atoms. The van der Waals surface area contributed by atoms with Crippen LogP contribution >= 0.6 is 0 Å². The second-order valence-electron chi connectivity index (χ2n) is 10.2. The Bertz CT molecular complexity index is 745. The zero-order valence-corrected chi connectivity index (χ0v) is 18.5. The van der Waals surface area contributed by atoms with Gasteiger partial charge in [0.2, 0.25) is 5.91 Å². The van der Waals surface area contributed by atoms with Crippen LogP contribution in [-0.2, 0) is 9.53 Å². The molecule has 0 unspecified atom stereocenters. The number of hydrogen-bond donors (Lipinski definition) is 1. The van der Waals surface area contributed by atoms with E-state index in [1.807, 2.05) is 14.1 Å². The number of hydrogen-bond acceptors (Lipinski definition) is 4. The smallest absolute Gasteiger partial charge is 0.217 e. The molecule has 160 valence electrons. The lowest BCUT2D eigenvalue weighted by Gasteiger charge is -2.53. The van der Waals surface area contributed by atoms with Crippen molar-refractivity contribution >= 4 is 5.91 Å². The Morgan fingerprint density at radius 1 is 1.28 bits per heavy atom. The van der Waals surface area contributed by atoms with Gasteiger partial charge in [0.15, 0.2) is 0 Å². The molecular weight excluding hydrogens is 364 g/mol. The Morgan fingerprint density at radius 3 is 2.66 bits per heavy atom. The Hall–Kier alpha value is -1.59. The summed E-state index contributed by atoms with van der Waals surface area (Å²) in [4.78, 5) is 14.1. The van der Waals surface area contributed by atoms with E-state index in [0.717, 1.165) is 25.3 Å². The Balaban J connectivity index is 1.53. The van der Waals surface area contributed by atoms with Crippen molar-refractivity contribution in [3.63, 3.8) is 0 Å². The number of nitrogens with zero attached hydrogens (tertiary/aromatic N) is 1. The van der Waals surface area contributed by atoms with Crippen LogP contribution in [0.4, 0.5) is 0 Å². The molecule has 3 fully saturated rings. The van der Waals surface area contributed by atoms with Crippen LogP contribution in [0.5, 0.6) is 5.75 Å². The van der Waals surface area contributed by atoms with Crippen LogP contribution < -0.4 is 10.1 Å². The minimum Gasteiger partial charge on any atom is -0.492 e. The number of likely N-dealkylation sites (N-methyl/N-ethyl adjacent to an activating group) is 1. The summed E-state index contributed by atoms with van der Waals surface area (Å²) in [5.41, 5.74) is 1.54. The molecule has 1 aliphatic heterocycles. The van der Waals surface area contributed by atoms with Gasteiger partial charge in [0.05, 0.1) is 6.10 Å². The van der Waals surface area contributed by atoms with Crippen LogP contribution in [0.1, 0.15) is 51.7 Å². The van der Waals surface area contributed by atoms with Gasteiger partial charge in [-0.3, -0.25) is 4.79 Å². The summed E-state index contributed by atoms with van der Waals surface area (Å²) in [6.45, 7) is 8.69. The summed E-state index contributed by atoms with van der Waals surface area (Å²) in [5, 5.41) is 3.35. The fourth-order valence-corrected chi connectivity index (χ4v) is 6.42. The SMILES string of the molecule is CC(=O)N[C@H]1C(C)(C)[C@@H]2C[C@@H]3[C@@H](c4ccc(OCCN(C)C)cc4)OCC[C@@]31C2. The molecule has 0 radical (unpaired) electrons. The summed E-state index contributed by atoms with van der Waals surface area (Å²) in [6, 6.07) is 8.70. The normalized spacial score (nSPS) is 34.8. The maximum atomic E-state index is 12.0.